The number of carbonyl (C=O) groups is 1. The number of carbonyl (C=O) groups excluding carboxylic acids is 1. The van der Waals surface area contributed by atoms with Crippen LogP contribution in [0, 0.1) is 0 Å². The van der Waals surface area contributed by atoms with Crippen molar-refractivity contribution in [2.24, 2.45) is 0 Å². The van der Waals surface area contributed by atoms with E-state index in [4.69, 9.17) is 0 Å². The second kappa shape index (κ2) is 2.97. The van der Waals surface area contributed by atoms with E-state index in [1.54, 1.807) is 11.8 Å². The standard InChI is InChI=1S/C7H8INOS/c8-2-5-3-9-6(10)1-7(9)11-4-5/h4,7H,1-3H2/t7-/m0/s1. The van der Waals surface area contributed by atoms with Gasteiger partial charge in [0, 0.05) is 11.0 Å². The molecule has 0 N–H and O–H groups in total. The van der Waals surface area contributed by atoms with Gasteiger partial charge in [-0.3, -0.25) is 4.79 Å². The average molecular weight is 281 g/mol. The predicted molar refractivity (Wildman–Crippen MR) is 54.7 cm³/mol. The summed E-state index contributed by atoms with van der Waals surface area (Å²) in [6, 6.07) is 0. The predicted octanol–water partition coefficient (Wildman–Crippen LogP) is 1.61. The quantitative estimate of drug-likeness (QED) is 0.413. The van der Waals surface area contributed by atoms with Crippen molar-refractivity contribution in [3.05, 3.63) is 11.0 Å². The van der Waals surface area contributed by atoms with Gasteiger partial charge in [0.25, 0.3) is 0 Å². The first-order valence-electron chi connectivity index (χ1n) is 3.50. The fourth-order valence-electron chi connectivity index (χ4n) is 1.24. The lowest BCUT2D eigenvalue weighted by Gasteiger charge is -2.42. The molecule has 2 rings (SSSR count). The highest BCUT2D eigenvalue weighted by atomic mass is 127. The molecule has 2 aliphatic rings. The number of halogens is 1. The number of rotatable bonds is 1. The van der Waals surface area contributed by atoms with Crippen molar-refractivity contribution >= 4 is 40.3 Å². The zero-order chi connectivity index (χ0) is 7.84. The van der Waals surface area contributed by atoms with Crippen LogP contribution in [-0.2, 0) is 4.79 Å². The minimum atomic E-state index is 0.318. The van der Waals surface area contributed by atoms with Gasteiger partial charge >= 0.3 is 0 Å². The maximum Gasteiger partial charge on any atom is 0.226 e. The SMILES string of the molecule is O=C1C[C@@H]2SC=C(CI)CN12. The molecule has 0 bridgehead atoms. The highest BCUT2D eigenvalue weighted by Gasteiger charge is 2.38. The molecule has 0 spiro atoms. The third-order valence-electron chi connectivity index (χ3n) is 1.95. The number of nitrogens with zero attached hydrogens (tertiary/aromatic N) is 1. The Kier molecular flexibility index (Phi) is 2.14. The summed E-state index contributed by atoms with van der Waals surface area (Å²) in [6.07, 6.45) is 0.746. The molecule has 2 aliphatic heterocycles. The summed E-state index contributed by atoms with van der Waals surface area (Å²) in [5.41, 5.74) is 1.37. The zero-order valence-electron chi connectivity index (χ0n) is 5.92. The summed E-state index contributed by atoms with van der Waals surface area (Å²) in [6.45, 7) is 0.874. The van der Waals surface area contributed by atoms with Crippen LogP contribution < -0.4 is 0 Å². The summed E-state index contributed by atoms with van der Waals surface area (Å²) < 4.78 is 1.04. The van der Waals surface area contributed by atoms with Crippen LogP contribution in [0.25, 0.3) is 0 Å². The molecular weight excluding hydrogens is 273 g/mol. The van der Waals surface area contributed by atoms with Crippen LogP contribution in [0.15, 0.2) is 11.0 Å². The number of hydrogen-bond donors (Lipinski definition) is 0. The van der Waals surface area contributed by atoms with Gasteiger partial charge in [0.2, 0.25) is 5.91 Å². The molecule has 4 heteroatoms. The van der Waals surface area contributed by atoms with Gasteiger partial charge in [-0.25, -0.2) is 0 Å². The van der Waals surface area contributed by atoms with Crippen molar-refractivity contribution in [1.29, 1.82) is 0 Å². The molecular formula is C7H8INOS. The molecule has 1 amide bonds. The first-order chi connectivity index (χ1) is 5.31. The molecule has 2 heterocycles. The van der Waals surface area contributed by atoms with Gasteiger partial charge in [0.1, 0.15) is 0 Å². The van der Waals surface area contributed by atoms with Gasteiger partial charge in [-0.2, -0.15) is 0 Å². The van der Waals surface area contributed by atoms with Crippen LogP contribution in [0.1, 0.15) is 6.42 Å². The van der Waals surface area contributed by atoms with E-state index in [2.05, 4.69) is 28.0 Å². The molecule has 0 aliphatic carbocycles. The third kappa shape index (κ3) is 1.30. The normalized spacial score (nSPS) is 29.2. The smallest absolute Gasteiger partial charge is 0.226 e. The summed E-state index contributed by atoms with van der Waals surface area (Å²) in [5.74, 6) is 0.318. The summed E-state index contributed by atoms with van der Waals surface area (Å²) in [5, 5.41) is 2.68. The van der Waals surface area contributed by atoms with Crippen LogP contribution in [0.2, 0.25) is 0 Å². The van der Waals surface area contributed by atoms with Crippen molar-refractivity contribution in [2.75, 3.05) is 11.0 Å². The molecule has 0 saturated carbocycles. The number of amides is 1. The second-order valence-corrected chi connectivity index (χ2v) is 4.54. The zero-order valence-corrected chi connectivity index (χ0v) is 8.89. The van der Waals surface area contributed by atoms with Gasteiger partial charge in [0.15, 0.2) is 0 Å². The lowest BCUT2D eigenvalue weighted by atomic mass is 10.1. The first kappa shape index (κ1) is 7.91. The fourth-order valence-corrected chi connectivity index (χ4v) is 3.09. The minimum absolute atomic E-state index is 0.318. The van der Waals surface area contributed by atoms with Crippen LogP contribution in [0.5, 0.6) is 0 Å². The van der Waals surface area contributed by atoms with E-state index in [0.29, 0.717) is 11.3 Å². The van der Waals surface area contributed by atoms with Crippen molar-refractivity contribution < 1.29 is 4.79 Å². The highest BCUT2D eigenvalue weighted by Crippen LogP contribution is 2.35. The van der Waals surface area contributed by atoms with Crippen molar-refractivity contribution in [1.82, 2.24) is 4.90 Å². The monoisotopic (exact) mass is 281 g/mol. The lowest BCUT2D eigenvalue weighted by Crippen LogP contribution is -2.52. The molecule has 60 valence electrons. The van der Waals surface area contributed by atoms with E-state index in [-0.39, 0.29) is 0 Å². The van der Waals surface area contributed by atoms with E-state index in [1.165, 1.54) is 5.57 Å². The molecule has 2 nitrogen and oxygen atoms in total. The van der Waals surface area contributed by atoms with Gasteiger partial charge in [0.05, 0.1) is 11.8 Å². The minimum Gasteiger partial charge on any atom is -0.326 e. The Morgan fingerprint density at radius 1 is 1.82 bits per heavy atom. The largest absolute Gasteiger partial charge is 0.326 e. The van der Waals surface area contributed by atoms with Crippen molar-refractivity contribution in [2.45, 2.75) is 11.8 Å². The van der Waals surface area contributed by atoms with Crippen molar-refractivity contribution in [3.63, 3.8) is 0 Å². The molecule has 1 fully saturated rings. The average Bonchev–Trinajstić information content (AvgIpc) is 2.03. The Morgan fingerprint density at radius 3 is 3.27 bits per heavy atom. The Hall–Kier alpha value is 0.290. The van der Waals surface area contributed by atoms with E-state index >= 15 is 0 Å². The van der Waals surface area contributed by atoms with E-state index in [0.717, 1.165) is 17.4 Å². The fraction of sp³-hybridized carbons (Fsp3) is 0.571. The number of β-lactam (4-membered cyclic amide) rings is 1. The van der Waals surface area contributed by atoms with Crippen LogP contribution in [0.4, 0.5) is 0 Å². The highest BCUT2D eigenvalue weighted by molar-refractivity contribution is 14.1. The molecule has 1 atom stereocenters. The number of hydrogen-bond acceptors (Lipinski definition) is 2. The van der Waals surface area contributed by atoms with Crippen LogP contribution >= 0.6 is 34.4 Å². The number of thioether (sulfide) groups is 1. The third-order valence-corrected chi connectivity index (χ3v) is 4.14. The Morgan fingerprint density at radius 2 is 2.64 bits per heavy atom. The Labute approximate surface area is 83.5 Å². The molecule has 0 aromatic heterocycles. The van der Waals surface area contributed by atoms with Crippen LogP contribution in [0.3, 0.4) is 0 Å². The number of fused-ring (bicyclic) bond motifs is 1. The maximum atomic E-state index is 11.0. The first-order valence-corrected chi connectivity index (χ1v) is 5.97. The van der Waals surface area contributed by atoms with Gasteiger partial charge < -0.3 is 4.90 Å². The Balaban J connectivity index is 2.07. The van der Waals surface area contributed by atoms with E-state index < -0.39 is 0 Å². The summed E-state index contributed by atoms with van der Waals surface area (Å²) in [7, 11) is 0. The van der Waals surface area contributed by atoms with E-state index in [1.807, 2.05) is 4.90 Å². The molecule has 0 radical (unpaired) electrons. The molecule has 0 aromatic carbocycles. The summed E-state index contributed by atoms with van der Waals surface area (Å²) in [4.78, 5) is 13.0. The van der Waals surface area contributed by atoms with Crippen molar-refractivity contribution in [3.8, 4) is 0 Å². The van der Waals surface area contributed by atoms with Crippen LogP contribution in [-0.4, -0.2) is 27.2 Å². The maximum absolute atomic E-state index is 11.0. The summed E-state index contributed by atoms with van der Waals surface area (Å²) >= 11 is 4.12. The van der Waals surface area contributed by atoms with Gasteiger partial charge in [-0.15, -0.1) is 11.8 Å². The van der Waals surface area contributed by atoms with Gasteiger partial charge in [-0.1, -0.05) is 22.6 Å². The van der Waals surface area contributed by atoms with Gasteiger partial charge in [-0.05, 0) is 11.0 Å². The Bertz CT molecular complexity index is 228. The van der Waals surface area contributed by atoms with E-state index in [9.17, 15) is 4.79 Å². The molecule has 0 unspecified atom stereocenters. The molecule has 0 aromatic rings. The topological polar surface area (TPSA) is 20.3 Å². The lowest BCUT2D eigenvalue weighted by molar-refractivity contribution is -0.140. The molecule has 1 saturated heterocycles. The molecule has 11 heavy (non-hydrogen) atoms. The second-order valence-electron chi connectivity index (χ2n) is 2.73. The number of alkyl halides is 1.